The van der Waals surface area contributed by atoms with Crippen LogP contribution in [0.2, 0.25) is 0 Å². The van der Waals surface area contributed by atoms with Gasteiger partial charge in [-0.2, -0.15) is 0 Å². The number of hydrogen-bond acceptors (Lipinski definition) is 8. The third-order valence-corrected chi connectivity index (χ3v) is 8.10. The van der Waals surface area contributed by atoms with Crippen molar-refractivity contribution in [2.45, 2.75) is 26.5 Å². The molecule has 0 spiro atoms. The Morgan fingerprint density at radius 3 is 2.45 bits per heavy atom. The number of esters is 1. The van der Waals surface area contributed by atoms with Crippen molar-refractivity contribution in [3.63, 3.8) is 0 Å². The topological polar surface area (TPSA) is 82.4 Å². The van der Waals surface area contributed by atoms with Crippen molar-refractivity contribution in [3.05, 3.63) is 120 Å². The van der Waals surface area contributed by atoms with Gasteiger partial charge in [-0.25, -0.2) is 18.6 Å². The molecule has 8 nitrogen and oxygen atoms in total. The molecule has 1 unspecified atom stereocenters. The Balaban J connectivity index is 1.57. The van der Waals surface area contributed by atoms with Gasteiger partial charge in [0.2, 0.25) is 0 Å². The lowest BCUT2D eigenvalue weighted by molar-refractivity contribution is -0.139. The molecule has 228 valence electrons. The number of methoxy groups -OCH3 is 1. The smallest absolute Gasteiger partial charge is 0.338 e. The number of rotatable bonds is 9. The third-order valence-electron chi connectivity index (χ3n) is 7.12. The molecule has 0 fully saturated rings. The van der Waals surface area contributed by atoms with Gasteiger partial charge in [0, 0.05) is 31.4 Å². The summed E-state index contributed by atoms with van der Waals surface area (Å²) in [5.41, 5.74) is 3.46. The molecule has 2 heterocycles. The molecule has 1 aliphatic rings. The first-order chi connectivity index (χ1) is 21.1. The van der Waals surface area contributed by atoms with Crippen molar-refractivity contribution in [2.75, 3.05) is 32.7 Å². The maximum atomic E-state index is 14.1. The number of benzene rings is 3. The van der Waals surface area contributed by atoms with E-state index in [4.69, 9.17) is 14.2 Å². The van der Waals surface area contributed by atoms with Gasteiger partial charge in [-0.1, -0.05) is 29.5 Å². The number of thiazole rings is 1. The van der Waals surface area contributed by atoms with Gasteiger partial charge in [0.05, 0.1) is 35.6 Å². The fourth-order valence-corrected chi connectivity index (χ4v) is 6.01. The maximum absolute atomic E-state index is 14.1. The fourth-order valence-electron chi connectivity index (χ4n) is 4.96. The lowest BCUT2D eigenvalue weighted by Crippen LogP contribution is -2.39. The quantitative estimate of drug-likeness (QED) is 0.252. The molecule has 0 amide bonds. The first-order valence-corrected chi connectivity index (χ1v) is 14.6. The molecule has 0 aliphatic carbocycles. The van der Waals surface area contributed by atoms with Crippen LogP contribution in [0.25, 0.3) is 6.08 Å². The summed E-state index contributed by atoms with van der Waals surface area (Å²) in [6, 6.07) is 15.3. The van der Waals surface area contributed by atoms with Crippen LogP contribution in [-0.4, -0.2) is 38.3 Å². The van der Waals surface area contributed by atoms with Crippen LogP contribution < -0.4 is 29.3 Å². The highest BCUT2D eigenvalue weighted by atomic mass is 32.1. The van der Waals surface area contributed by atoms with E-state index < -0.39 is 23.6 Å². The molecular weight excluding hydrogens is 588 g/mol. The second kappa shape index (κ2) is 12.8. The van der Waals surface area contributed by atoms with Gasteiger partial charge < -0.3 is 19.1 Å². The van der Waals surface area contributed by atoms with Crippen molar-refractivity contribution in [2.24, 2.45) is 4.99 Å². The number of ether oxygens (including phenoxy) is 3. The van der Waals surface area contributed by atoms with Crippen molar-refractivity contribution in [1.82, 2.24) is 4.57 Å². The summed E-state index contributed by atoms with van der Waals surface area (Å²) in [5, 5.41) is 0. The molecule has 1 atom stereocenters. The molecule has 3 aromatic carbocycles. The largest absolute Gasteiger partial charge is 0.496 e. The van der Waals surface area contributed by atoms with Crippen LogP contribution in [0, 0.1) is 11.6 Å². The number of fused-ring (bicyclic) bond motifs is 1. The van der Waals surface area contributed by atoms with Gasteiger partial charge in [-0.15, -0.1) is 0 Å². The minimum Gasteiger partial charge on any atom is -0.496 e. The lowest BCUT2D eigenvalue weighted by atomic mass is 9.95. The van der Waals surface area contributed by atoms with E-state index in [1.54, 1.807) is 38.1 Å². The summed E-state index contributed by atoms with van der Waals surface area (Å²) in [6.45, 7) is 3.60. The second-order valence-electron chi connectivity index (χ2n) is 10.2. The number of nitrogens with zero attached hydrogens (tertiary/aromatic N) is 3. The number of aromatic nitrogens is 1. The van der Waals surface area contributed by atoms with Crippen LogP contribution in [0.4, 0.5) is 14.5 Å². The van der Waals surface area contributed by atoms with Gasteiger partial charge in [0.25, 0.3) is 5.56 Å². The molecule has 0 N–H and O–H groups in total. The fraction of sp³-hybridized carbons (Fsp3) is 0.242. The molecule has 0 bridgehead atoms. The number of hydrogen-bond donors (Lipinski definition) is 0. The predicted octanol–water partition coefficient (Wildman–Crippen LogP) is 4.73. The molecule has 0 radical (unpaired) electrons. The van der Waals surface area contributed by atoms with Crippen LogP contribution in [0.1, 0.15) is 36.6 Å². The molecule has 5 rings (SSSR count). The van der Waals surface area contributed by atoms with Crippen molar-refractivity contribution < 1.29 is 27.8 Å². The molecular formula is C33H31F2N3O5S. The third kappa shape index (κ3) is 6.14. The monoisotopic (exact) mass is 619 g/mol. The van der Waals surface area contributed by atoms with Crippen LogP contribution in [0.15, 0.2) is 81.7 Å². The number of carbonyl (C=O) groups excluding carboxylic acids is 1. The van der Waals surface area contributed by atoms with Gasteiger partial charge in [0.15, 0.2) is 16.4 Å². The maximum Gasteiger partial charge on any atom is 0.338 e. The van der Waals surface area contributed by atoms with Crippen molar-refractivity contribution in [3.8, 4) is 11.5 Å². The highest BCUT2D eigenvalue weighted by molar-refractivity contribution is 7.07. The highest BCUT2D eigenvalue weighted by Crippen LogP contribution is 2.32. The summed E-state index contributed by atoms with van der Waals surface area (Å²) < 4.78 is 45.8. The second-order valence-corrected chi connectivity index (χ2v) is 11.2. The molecule has 11 heteroatoms. The van der Waals surface area contributed by atoms with E-state index in [1.807, 2.05) is 43.3 Å². The van der Waals surface area contributed by atoms with E-state index in [-0.39, 0.29) is 24.5 Å². The lowest BCUT2D eigenvalue weighted by Gasteiger charge is -2.25. The van der Waals surface area contributed by atoms with Gasteiger partial charge in [-0.05, 0) is 67.4 Å². The normalized spacial score (nSPS) is 14.6. The minimum atomic E-state index is -0.815. The van der Waals surface area contributed by atoms with Crippen LogP contribution in [0.5, 0.6) is 11.5 Å². The zero-order valence-corrected chi connectivity index (χ0v) is 25.7. The Morgan fingerprint density at radius 2 is 1.80 bits per heavy atom. The summed E-state index contributed by atoms with van der Waals surface area (Å²) in [7, 11) is 5.37. The number of allylic oxidation sites excluding steroid dienone is 1. The van der Waals surface area contributed by atoms with Crippen LogP contribution in [-0.2, 0) is 16.1 Å². The molecule has 1 aromatic heterocycles. The van der Waals surface area contributed by atoms with Crippen LogP contribution >= 0.6 is 11.3 Å². The summed E-state index contributed by atoms with van der Waals surface area (Å²) in [4.78, 5) is 34.2. The predicted molar refractivity (Wildman–Crippen MR) is 165 cm³/mol. The van der Waals surface area contributed by atoms with Crippen molar-refractivity contribution >= 4 is 29.1 Å². The summed E-state index contributed by atoms with van der Waals surface area (Å²) >= 11 is 1.21. The Bertz CT molecular complexity index is 1930. The Labute approximate surface area is 256 Å². The highest BCUT2D eigenvalue weighted by Gasteiger charge is 2.33. The average Bonchev–Trinajstić information content (AvgIpc) is 3.30. The molecule has 0 saturated carbocycles. The summed E-state index contributed by atoms with van der Waals surface area (Å²) in [5.74, 6) is -1.64. The van der Waals surface area contributed by atoms with Gasteiger partial charge in [0.1, 0.15) is 18.2 Å². The number of anilines is 1. The first-order valence-electron chi connectivity index (χ1n) is 13.8. The zero-order chi connectivity index (χ0) is 31.5. The standard InChI is InChI=1S/C33H31F2N3O5S/c1-6-42-32(40)29-19(2)36-33-38(30(29)21-8-11-24(12-9-21)37(3)4)31(39)28(44-33)16-20-7-13-26(41-5)22(15-20)18-43-27-14-10-23(34)17-25(27)35/h7-17,30H,6,18H2,1-5H3/b28-16-. The van der Waals surface area contributed by atoms with Gasteiger partial charge >= 0.3 is 5.97 Å². The van der Waals surface area contributed by atoms with Crippen LogP contribution in [0.3, 0.4) is 0 Å². The summed E-state index contributed by atoms with van der Waals surface area (Å²) in [6.07, 6.45) is 1.72. The zero-order valence-electron chi connectivity index (χ0n) is 24.9. The Kier molecular flexibility index (Phi) is 8.96. The number of carbonyl (C=O) groups is 1. The van der Waals surface area contributed by atoms with Gasteiger partial charge in [-0.3, -0.25) is 9.36 Å². The first kappa shape index (κ1) is 30.7. The Morgan fingerprint density at radius 1 is 1.07 bits per heavy atom. The van der Waals surface area contributed by atoms with E-state index in [9.17, 15) is 18.4 Å². The minimum absolute atomic E-state index is 0.0559. The van der Waals surface area contributed by atoms with E-state index >= 15 is 0 Å². The SMILES string of the molecule is CCOC(=O)C1=C(C)N=c2s/c(=C\c3ccc(OC)c(COc4ccc(F)cc4F)c3)c(=O)n2C1c1ccc(N(C)C)cc1. The van der Waals surface area contributed by atoms with E-state index in [2.05, 4.69) is 4.99 Å². The molecule has 4 aromatic rings. The molecule has 44 heavy (non-hydrogen) atoms. The average molecular weight is 620 g/mol. The van der Waals surface area contributed by atoms with Crippen molar-refractivity contribution in [1.29, 1.82) is 0 Å². The van der Waals surface area contributed by atoms with E-state index in [0.29, 0.717) is 37.5 Å². The number of halogens is 2. The van der Waals surface area contributed by atoms with E-state index in [1.165, 1.54) is 29.1 Å². The molecule has 0 saturated heterocycles. The Hall–Kier alpha value is -4.77. The molecule has 1 aliphatic heterocycles. The van der Waals surface area contributed by atoms with E-state index in [0.717, 1.165) is 23.4 Å².